The molecular weight excluding hydrogens is 308 g/mol. The van der Waals surface area contributed by atoms with E-state index in [1.807, 2.05) is 4.72 Å². The molecule has 92 valence electrons. The van der Waals surface area contributed by atoms with E-state index in [1.54, 1.807) is 6.07 Å². The molecule has 0 bridgehead atoms. The smallest absolute Gasteiger partial charge is 0.264 e. The van der Waals surface area contributed by atoms with Crippen LogP contribution in [-0.4, -0.2) is 19.6 Å². The first-order valence-corrected chi connectivity index (χ1v) is 7.34. The van der Waals surface area contributed by atoms with Crippen LogP contribution in [0.2, 0.25) is 0 Å². The largest absolute Gasteiger partial charge is 0.399 e. The number of hydrogen-bond acceptors (Lipinski definition) is 4. The number of hydrogen-bond donors (Lipinski definition) is 2. The molecule has 1 fully saturated rings. The van der Waals surface area contributed by atoms with Crippen molar-refractivity contribution < 1.29 is 13.2 Å². The number of halogens is 1. The fraction of sp³-hybridized carbons (Fsp3) is 0.300. The van der Waals surface area contributed by atoms with Gasteiger partial charge in [0, 0.05) is 15.7 Å². The molecule has 17 heavy (non-hydrogen) atoms. The molecule has 0 atom stereocenters. The number of nitrogen functional groups attached to an aromatic ring is 1. The van der Waals surface area contributed by atoms with Crippen LogP contribution in [0.15, 0.2) is 22.7 Å². The predicted octanol–water partition coefficient (Wildman–Crippen LogP) is 1.25. The standard InChI is InChI=1S/C10H11BrN2O3S/c11-7-3-6(4-8(12)5-7)10(14)13-17(15,16)9-1-2-9/h3-5,9H,1-2,12H2,(H,13,14). The van der Waals surface area contributed by atoms with Crippen LogP contribution >= 0.6 is 15.9 Å². The molecule has 1 aromatic carbocycles. The van der Waals surface area contributed by atoms with Gasteiger partial charge in [0.25, 0.3) is 5.91 Å². The summed E-state index contributed by atoms with van der Waals surface area (Å²) >= 11 is 3.19. The van der Waals surface area contributed by atoms with Gasteiger partial charge in [0.05, 0.1) is 5.25 Å². The second-order valence-electron chi connectivity index (χ2n) is 3.95. The maximum atomic E-state index is 11.7. The number of nitrogens with one attached hydrogen (secondary N) is 1. The molecule has 0 spiro atoms. The van der Waals surface area contributed by atoms with E-state index in [0.717, 1.165) is 0 Å². The maximum absolute atomic E-state index is 11.7. The lowest BCUT2D eigenvalue weighted by atomic mass is 10.2. The van der Waals surface area contributed by atoms with Crippen LogP contribution in [0.4, 0.5) is 5.69 Å². The number of carbonyl (C=O) groups is 1. The number of anilines is 1. The summed E-state index contributed by atoms with van der Waals surface area (Å²) in [5.41, 5.74) is 6.19. The number of rotatable bonds is 3. The van der Waals surface area contributed by atoms with E-state index in [1.165, 1.54) is 12.1 Å². The van der Waals surface area contributed by atoms with Gasteiger partial charge in [0.2, 0.25) is 10.0 Å². The Balaban J connectivity index is 2.20. The van der Waals surface area contributed by atoms with Gasteiger partial charge in [0.1, 0.15) is 0 Å². The van der Waals surface area contributed by atoms with Crippen LogP contribution in [0.5, 0.6) is 0 Å². The molecule has 3 N–H and O–H groups in total. The second kappa shape index (κ2) is 4.30. The van der Waals surface area contributed by atoms with E-state index in [-0.39, 0.29) is 5.56 Å². The topological polar surface area (TPSA) is 89.3 Å². The summed E-state index contributed by atoms with van der Waals surface area (Å²) in [4.78, 5) is 11.7. The molecule has 7 heteroatoms. The highest BCUT2D eigenvalue weighted by Gasteiger charge is 2.36. The van der Waals surface area contributed by atoms with E-state index in [4.69, 9.17) is 5.73 Å². The first-order valence-electron chi connectivity index (χ1n) is 5.00. The fourth-order valence-corrected chi connectivity index (χ4v) is 3.20. The van der Waals surface area contributed by atoms with Gasteiger partial charge in [-0.25, -0.2) is 13.1 Å². The summed E-state index contributed by atoms with van der Waals surface area (Å²) in [7, 11) is -3.52. The summed E-state index contributed by atoms with van der Waals surface area (Å²) in [6.45, 7) is 0. The van der Waals surface area contributed by atoms with Gasteiger partial charge in [-0.15, -0.1) is 0 Å². The van der Waals surface area contributed by atoms with E-state index >= 15 is 0 Å². The second-order valence-corrected chi connectivity index (χ2v) is 6.83. The molecule has 0 unspecified atom stereocenters. The Hall–Kier alpha value is -1.08. The zero-order valence-corrected chi connectivity index (χ0v) is 11.2. The Morgan fingerprint density at radius 3 is 2.53 bits per heavy atom. The van der Waals surface area contributed by atoms with Gasteiger partial charge in [-0.3, -0.25) is 4.79 Å². The molecule has 1 aromatic rings. The predicted molar refractivity (Wildman–Crippen MR) is 68.0 cm³/mol. The highest BCUT2D eigenvalue weighted by molar-refractivity contribution is 9.10. The van der Waals surface area contributed by atoms with E-state index < -0.39 is 21.2 Å². The molecule has 5 nitrogen and oxygen atoms in total. The third-order valence-electron chi connectivity index (χ3n) is 2.38. The van der Waals surface area contributed by atoms with Crippen molar-refractivity contribution in [2.24, 2.45) is 0 Å². The normalized spacial score (nSPS) is 15.6. The summed E-state index contributed by atoms with van der Waals surface area (Å²) in [6.07, 6.45) is 1.23. The van der Waals surface area contributed by atoms with E-state index in [9.17, 15) is 13.2 Å². The molecule has 1 saturated carbocycles. The molecule has 0 heterocycles. The van der Waals surface area contributed by atoms with Crippen LogP contribution in [0.3, 0.4) is 0 Å². The van der Waals surface area contributed by atoms with Gasteiger partial charge in [-0.2, -0.15) is 0 Å². The minimum Gasteiger partial charge on any atom is -0.399 e. The average Bonchev–Trinajstić information content (AvgIpc) is 2.98. The number of carbonyl (C=O) groups excluding carboxylic acids is 1. The Labute approximate surface area is 108 Å². The van der Waals surface area contributed by atoms with Crippen molar-refractivity contribution in [2.75, 3.05) is 5.73 Å². The molecule has 0 aromatic heterocycles. The molecule has 0 radical (unpaired) electrons. The molecule has 1 amide bonds. The molecular formula is C10H11BrN2O3S. The SMILES string of the molecule is Nc1cc(Br)cc(C(=O)NS(=O)(=O)C2CC2)c1. The number of amides is 1. The molecule has 0 saturated heterocycles. The number of benzene rings is 1. The van der Waals surface area contributed by atoms with E-state index in [2.05, 4.69) is 15.9 Å². The Bertz CT molecular complexity index is 547. The van der Waals surface area contributed by atoms with Crippen molar-refractivity contribution in [3.05, 3.63) is 28.2 Å². The van der Waals surface area contributed by atoms with Gasteiger partial charge >= 0.3 is 0 Å². The Morgan fingerprint density at radius 1 is 1.35 bits per heavy atom. The van der Waals surface area contributed by atoms with Crippen molar-refractivity contribution in [3.63, 3.8) is 0 Å². The Kier molecular flexibility index (Phi) is 3.13. The third-order valence-corrected chi connectivity index (χ3v) is 4.66. The molecule has 1 aliphatic rings. The van der Waals surface area contributed by atoms with Crippen molar-refractivity contribution in [3.8, 4) is 0 Å². The zero-order valence-electron chi connectivity index (χ0n) is 8.81. The minimum absolute atomic E-state index is 0.223. The average molecular weight is 319 g/mol. The lowest BCUT2D eigenvalue weighted by Gasteiger charge is -2.06. The van der Waals surface area contributed by atoms with Crippen molar-refractivity contribution in [2.45, 2.75) is 18.1 Å². The quantitative estimate of drug-likeness (QED) is 0.821. The zero-order chi connectivity index (χ0) is 12.6. The highest BCUT2D eigenvalue weighted by Crippen LogP contribution is 2.27. The third kappa shape index (κ3) is 2.98. The lowest BCUT2D eigenvalue weighted by Crippen LogP contribution is -2.33. The molecule has 2 rings (SSSR count). The highest BCUT2D eigenvalue weighted by atomic mass is 79.9. The van der Waals surface area contributed by atoms with Gasteiger partial charge in [0.15, 0.2) is 0 Å². The van der Waals surface area contributed by atoms with Gasteiger partial charge in [-0.1, -0.05) is 15.9 Å². The fourth-order valence-electron chi connectivity index (χ4n) is 1.39. The minimum atomic E-state index is -3.52. The first kappa shape index (κ1) is 12.4. The summed E-state index contributed by atoms with van der Waals surface area (Å²) in [5, 5.41) is -0.420. The lowest BCUT2D eigenvalue weighted by molar-refractivity contribution is 0.0981. The van der Waals surface area contributed by atoms with Crippen molar-refractivity contribution in [1.29, 1.82) is 0 Å². The van der Waals surface area contributed by atoms with Crippen LogP contribution in [0.1, 0.15) is 23.2 Å². The monoisotopic (exact) mass is 318 g/mol. The van der Waals surface area contributed by atoms with Crippen molar-refractivity contribution in [1.82, 2.24) is 4.72 Å². The van der Waals surface area contributed by atoms with Gasteiger partial charge < -0.3 is 5.73 Å². The maximum Gasteiger partial charge on any atom is 0.264 e. The van der Waals surface area contributed by atoms with Crippen molar-refractivity contribution >= 4 is 37.5 Å². The van der Waals surface area contributed by atoms with Crippen LogP contribution in [0, 0.1) is 0 Å². The van der Waals surface area contributed by atoms with Gasteiger partial charge in [-0.05, 0) is 31.0 Å². The first-order chi connectivity index (χ1) is 7.88. The molecule has 0 aliphatic heterocycles. The number of sulfonamides is 1. The summed E-state index contributed by atoms with van der Waals surface area (Å²) in [6, 6.07) is 4.59. The van der Waals surface area contributed by atoms with Crippen LogP contribution < -0.4 is 10.5 Å². The number of nitrogens with two attached hydrogens (primary N) is 1. The van der Waals surface area contributed by atoms with E-state index in [0.29, 0.717) is 23.0 Å². The van der Waals surface area contributed by atoms with Crippen LogP contribution in [0.25, 0.3) is 0 Å². The van der Waals surface area contributed by atoms with Crippen LogP contribution in [-0.2, 0) is 10.0 Å². The summed E-state index contributed by atoms with van der Waals surface area (Å²) in [5.74, 6) is -0.648. The summed E-state index contributed by atoms with van der Waals surface area (Å²) < 4.78 is 25.8. The Morgan fingerprint density at radius 2 is 2.00 bits per heavy atom. The molecule has 1 aliphatic carbocycles.